The Hall–Kier alpha value is -2.08. The fourth-order valence-corrected chi connectivity index (χ4v) is 2.81. The highest BCUT2D eigenvalue weighted by atomic mass is 16.2. The summed E-state index contributed by atoms with van der Waals surface area (Å²) in [5, 5.41) is 5.68. The van der Waals surface area contributed by atoms with Crippen LogP contribution in [0.3, 0.4) is 0 Å². The Kier molecular flexibility index (Phi) is 5.98. The first-order valence-corrected chi connectivity index (χ1v) is 8.09. The van der Waals surface area contributed by atoms with Crippen molar-refractivity contribution in [2.24, 2.45) is 11.7 Å². The van der Waals surface area contributed by atoms with Crippen LogP contribution in [0, 0.1) is 19.8 Å². The Balaban J connectivity index is 1.72. The van der Waals surface area contributed by atoms with Crippen molar-refractivity contribution in [2.75, 3.05) is 31.5 Å². The molecule has 0 aliphatic carbocycles. The van der Waals surface area contributed by atoms with Gasteiger partial charge in [0.15, 0.2) is 0 Å². The Labute approximate surface area is 137 Å². The van der Waals surface area contributed by atoms with Crippen molar-refractivity contribution in [3.05, 3.63) is 29.3 Å². The molecule has 1 aromatic rings. The van der Waals surface area contributed by atoms with Crippen molar-refractivity contribution in [1.29, 1.82) is 0 Å². The number of rotatable bonds is 5. The Morgan fingerprint density at radius 3 is 2.78 bits per heavy atom. The van der Waals surface area contributed by atoms with Gasteiger partial charge in [-0.15, -0.1) is 0 Å². The van der Waals surface area contributed by atoms with Gasteiger partial charge >= 0.3 is 6.03 Å². The van der Waals surface area contributed by atoms with E-state index < -0.39 is 0 Å². The number of amides is 3. The number of benzene rings is 1. The number of hydrogen-bond acceptors (Lipinski definition) is 3. The van der Waals surface area contributed by atoms with Gasteiger partial charge in [0.05, 0.1) is 5.92 Å². The van der Waals surface area contributed by atoms with E-state index in [0.29, 0.717) is 13.1 Å². The van der Waals surface area contributed by atoms with Gasteiger partial charge in [-0.1, -0.05) is 6.07 Å². The number of aryl methyl sites for hydroxylation is 2. The maximum Gasteiger partial charge on any atom is 0.319 e. The molecule has 23 heavy (non-hydrogen) atoms. The van der Waals surface area contributed by atoms with E-state index >= 15 is 0 Å². The standard InChI is InChI=1S/C17H26N4O2/c1-12-5-6-15(10-13(12)2)20-17(23)19-7-9-21-8-3-4-14(11-21)16(18)22/h5-6,10,14H,3-4,7-9,11H2,1-2H3,(H2,18,22)(H2,19,20,23). The number of carbonyl (C=O) groups is 2. The lowest BCUT2D eigenvalue weighted by Gasteiger charge is -2.31. The Morgan fingerprint density at radius 1 is 1.30 bits per heavy atom. The molecular weight excluding hydrogens is 292 g/mol. The molecule has 1 heterocycles. The molecule has 0 aromatic heterocycles. The van der Waals surface area contributed by atoms with Gasteiger partial charge in [0, 0.05) is 25.3 Å². The fraction of sp³-hybridized carbons (Fsp3) is 0.529. The van der Waals surface area contributed by atoms with Gasteiger partial charge in [-0.05, 0) is 56.5 Å². The first-order chi connectivity index (χ1) is 11.0. The zero-order chi connectivity index (χ0) is 16.8. The van der Waals surface area contributed by atoms with Crippen molar-refractivity contribution in [3.8, 4) is 0 Å². The van der Waals surface area contributed by atoms with Crippen molar-refractivity contribution >= 4 is 17.6 Å². The third-order valence-corrected chi connectivity index (χ3v) is 4.39. The third kappa shape index (κ3) is 5.25. The summed E-state index contributed by atoms with van der Waals surface area (Å²) in [6.45, 7) is 6.97. The fourth-order valence-electron chi connectivity index (χ4n) is 2.81. The van der Waals surface area contributed by atoms with Gasteiger partial charge in [-0.3, -0.25) is 4.79 Å². The topological polar surface area (TPSA) is 87.5 Å². The quantitative estimate of drug-likeness (QED) is 0.771. The monoisotopic (exact) mass is 318 g/mol. The van der Waals surface area contributed by atoms with E-state index in [-0.39, 0.29) is 17.9 Å². The van der Waals surface area contributed by atoms with E-state index in [9.17, 15) is 9.59 Å². The average Bonchev–Trinajstić information content (AvgIpc) is 2.51. The van der Waals surface area contributed by atoms with Crippen LogP contribution in [-0.4, -0.2) is 43.0 Å². The lowest BCUT2D eigenvalue weighted by molar-refractivity contribution is -0.123. The summed E-state index contributed by atoms with van der Waals surface area (Å²) in [6, 6.07) is 5.63. The van der Waals surface area contributed by atoms with Crippen LogP contribution in [0.4, 0.5) is 10.5 Å². The number of piperidine rings is 1. The van der Waals surface area contributed by atoms with Crippen LogP contribution < -0.4 is 16.4 Å². The molecule has 1 aliphatic heterocycles. The minimum atomic E-state index is -0.227. The second-order valence-electron chi connectivity index (χ2n) is 6.22. The maximum absolute atomic E-state index is 11.9. The third-order valence-electron chi connectivity index (χ3n) is 4.39. The lowest BCUT2D eigenvalue weighted by atomic mass is 9.97. The number of nitrogens with one attached hydrogen (secondary N) is 2. The van der Waals surface area contributed by atoms with Crippen molar-refractivity contribution in [3.63, 3.8) is 0 Å². The molecule has 126 valence electrons. The molecule has 6 heteroatoms. The second-order valence-corrected chi connectivity index (χ2v) is 6.22. The SMILES string of the molecule is Cc1ccc(NC(=O)NCCN2CCCC(C(N)=O)C2)cc1C. The van der Waals surface area contributed by atoms with Gasteiger partial charge in [0.25, 0.3) is 0 Å². The van der Waals surface area contributed by atoms with E-state index in [2.05, 4.69) is 15.5 Å². The van der Waals surface area contributed by atoms with Crippen molar-refractivity contribution < 1.29 is 9.59 Å². The van der Waals surface area contributed by atoms with Crippen LogP contribution in [0.2, 0.25) is 0 Å². The molecule has 3 amide bonds. The number of hydrogen-bond donors (Lipinski definition) is 3. The number of carbonyl (C=O) groups excluding carboxylic acids is 2. The normalized spacial score (nSPS) is 18.4. The molecule has 1 unspecified atom stereocenters. The molecule has 0 saturated carbocycles. The highest BCUT2D eigenvalue weighted by Gasteiger charge is 2.23. The molecule has 1 aromatic carbocycles. The minimum Gasteiger partial charge on any atom is -0.369 e. The summed E-state index contributed by atoms with van der Waals surface area (Å²) in [4.78, 5) is 25.3. The van der Waals surface area contributed by atoms with Gasteiger partial charge in [0.2, 0.25) is 5.91 Å². The van der Waals surface area contributed by atoms with Crippen LogP contribution in [0.15, 0.2) is 18.2 Å². The van der Waals surface area contributed by atoms with Gasteiger partial charge in [-0.2, -0.15) is 0 Å². The smallest absolute Gasteiger partial charge is 0.319 e. The summed E-state index contributed by atoms with van der Waals surface area (Å²) in [7, 11) is 0. The molecule has 1 aliphatic rings. The number of anilines is 1. The van der Waals surface area contributed by atoms with Gasteiger partial charge in [-0.25, -0.2) is 4.79 Å². The Bertz CT molecular complexity index is 574. The highest BCUT2D eigenvalue weighted by Crippen LogP contribution is 2.15. The van der Waals surface area contributed by atoms with Crippen LogP contribution >= 0.6 is 0 Å². The number of likely N-dealkylation sites (tertiary alicyclic amines) is 1. The van der Waals surface area contributed by atoms with E-state index in [1.165, 1.54) is 5.56 Å². The summed E-state index contributed by atoms with van der Waals surface area (Å²) >= 11 is 0. The molecule has 2 rings (SSSR count). The van der Waals surface area contributed by atoms with E-state index in [1.807, 2.05) is 32.0 Å². The van der Waals surface area contributed by atoms with Crippen molar-refractivity contribution in [2.45, 2.75) is 26.7 Å². The van der Waals surface area contributed by atoms with Crippen LogP contribution in [-0.2, 0) is 4.79 Å². The first kappa shape index (κ1) is 17.3. The molecule has 1 atom stereocenters. The molecule has 0 radical (unpaired) electrons. The molecule has 1 saturated heterocycles. The number of urea groups is 1. The molecule has 4 N–H and O–H groups in total. The van der Waals surface area contributed by atoms with Crippen LogP contribution in [0.1, 0.15) is 24.0 Å². The second kappa shape index (κ2) is 7.97. The molecule has 0 spiro atoms. The van der Waals surface area contributed by atoms with Crippen molar-refractivity contribution in [1.82, 2.24) is 10.2 Å². The predicted molar refractivity (Wildman–Crippen MR) is 91.3 cm³/mol. The molecule has 6 nitrogen and oxygen atoms in total. The number of primary amides is 1. The summed E-state index contributed by atoms with van der Waals surface area (Å²) in [6.07, 6.45) is 1.84. The van der Waals surface area contributed by atoms with Gasteiger partial charge < -0.3 is 21.3 Å². The Morgan fingerprint density at radius 2 is 2.09 bits per heavy atom. The number of nitrogens with two attached hydrogens (primary N) is 1. The summed E-state index contributed by atoms with van der Waals surface area (Å²) in [5.74, 6) is -0.289. The van der Waals surface area contributed by atoms with Crippen LogP contribution in [0.5, 0.6) is 0 Å². The zero-order valence-electron chi connectivity index (χ0n) is 13.9. The van der Waals surface area contributed by atoms with E-state index in [1.54, 1.807) is 0 Å². The zero-order valence-corrected chi connectivity index (χ0v) is 13.9. The first-order valence-electron chi connectivity index (χ1n) is 8.09. The minimum absolute atomic E-state index is 0.0619. The van der Waals surface area contributed by atoms with Crippen LogP contribution in [0.25, 0.3) is 0 Å². The van der Waals surface area contributed by atoms with E-state index in [4.69, 9.17) is 5.73 Å². The molecule has 1 fully saturated rings. The predicted octanol–water partition coefficient (Wildman–Crippen LogP) is 1.62. The lowest BCUT2D eigenvalue weighted by Crippen LogP contribution is -2.44. The largest absolute Gasteiger partial charge is 0.369 e. The van der Waals surface area contributed by atoms with E-state index in [0.717, 1.165) is 37.2 Å². The summed E-state index contributed by atoms with van der Waals surface area (Å²) in [5.41, 5.74) is 8.50. The summed E-state index contributed by atoms with van der Waals surface area (Å²) < 4.78 is 0. The van der Waals surface area contributed by atoms with Gasteiger partial charge in [0.1, 0.15) is 0 Å². The number of nitrogens with zero attached hydrogens (tertiary/aromatic N) is 1. The molecule has 0 bridgehead atoms. The highest BCUT2D eigenvalue weighted by molar-refractivity contribution is 5.89. The average molecular weight is 318 g/mol. The maximum atomic E-state index is 11.9. The molecular formula is C17H26N4O2.